The molecule has 4 nitrogen and oxygen atoms in total. The number of guanidine groups is 1. The molecule has 2 aromatic heterocycles. The van der Waals surface area contributed by atoms with Gasteiger partial charge in [-0.25, -0.2) is 4.99 Å². The monoisotopic (exact) mass is 649 g/mol. The molecule has 11 rings (SSSR count). The molecule has 5 heteroatoms. The lowest BCUT2D eigenvalue weighted by Crippen LogP contribution is -2.49. The summed E-state index contributed by atoms with van der Waals surface area (Å²) in [6.07, 6.45) is 14.3. The zero-order valence-corrected chi connectivity index (χ0v) is 27.7. The van der Waals surface area contributed by atoms with Gasteiger partial charge in [-0.2, -0.15) is 0 Å². The van der Waals surface area contributed by atoms with E-state index in [1.54, 1.807) is 0 Å². The van der Waals surface area contributed by atoms with Crippen molar-refractivity contribution < 1.29 is 4.42 Å². The summed E-state index contributed by atoms with van der Waals surface area (Å²) in [5.74, 6) is 1.35. The molecule has 1 N–H and O–H groups in total. The van der Waals surface area contributed by atoms with E-state index < -0.39 is 0 Å². The largest absolute Gasteiger partial charge is 0.455 e. The predicted octanol–water partition coefficient (Wildman–Crippen LogP) is 11.0. The molecule has 0 amide bonds. The number of nitrogens with one attached hydrogen (secondary N) is 1. The molecular weight excluding hydrogens is 619 g/mol. The van der Waals surface area contributed by atoms with E-state index >= 15 is 0 Å². The number of thiophene rings is 1. The number of aliphatic imine (C=N–C) groups is 1. The Hall–Kier alpha value is -5.65. The highest BCUT2D eigenvalue weighted by atomic mass is 32.1. The quantitative estimate of drug-likeness (QED) is 0.192. The number of nitrogens with zero attached hydrogens (tertiary/aromatic N) is 2. The molecule has 0 radical (unpaired) electrons. The molecular formula is C44H31N3OS. The highest BCUT2D eigenvalue weighted by molar-refractivity contribution is 7.26. The first kappa shape index (κ1) is 27.3. The van der Waals surface area contributed by atoms with Crippen LogP contribution in [0.4, 0.5) is 5.69 Å². The van der Waals surface area contributed by atoms with E-state index in [0.717, 1.165) is 52.3 Å². The van der Waals surface area contributed by atoms with E-state index in [0.29, 0.717) is 5.92 Å². The van der Waals surface area contributed by atoms with Crippen LogP contribution in [0.3, 0.4) is 0 Å². The lowest BCUT2D eigenvalue weighted by Gasteiger charge is -2.37. The number of rotatable bonds is 1. The zero-order chi connectivity index (χ0) is 32.2. The van der Waals surface area contributed by atoms with Crippen molar-refractivity contribution in [2.24, 2.45) is 10.9 Å². The molecule has 2 aliphatic carbocycles. The van der Waals surface area contributed by atoms with Gasteiger partial charge in [0.15, 0.2) is 0 Å². The summed E-state index contributed by atoms with van der Waals surface area (Å²) < 4.78 is 9.45. The van der Waals surface area contributed by atoms with Gasteiger partial charge in [0.2, 0.25) is 5.96 Å². The van der Waals surface area contributed by atoms with Crippen molar-refractivity contribution in [3.05, 3.63) is 149 Å². The highest BCUT2D eigenvalue weighted by Gasteiger charge is 2.33. The Balaban J connectivity index is 1.10. The highest BCUT2D eigenvalue weighted by Crippen LogP contribution is 2.48. The summed E-state index contributed by atoms with van der Waals surface area (Å²) in [6, 6.07) is 33.1. The summed E-state index contributed by atoms with van der Waals surface area (Å²) in [4.78, 5) is 7.87. The smallest absolute Gasteiger partial charge is 0.204 e. The van der Waals surface area contributed by atoms with Crippen LogP contribution >= 0.6 is 11.3 Å². The fraction of sp³-hybridized carbons (Fsp3) is 0.114. The van der Waals surface area contributed by atoms with Crippen molar-refractivity contribution in [1.82, 2.24) is 5.32 Å². The van der Waals surface area contributed by atoms with Crippen molar-refractivity contribution in [1.29, 1.82) is 0 Å². The number of hydrogen-bond donors (Lipinski definition) is 1. The minimum atomic E-state index is -0.00971. The zero-order valence-electron chi connectivity index (χ0n) is 26.9. The van der Waals surface area contributed by atoms with Crippen molar-refractivity contribution in [3.63, 3.8) is 0 Å². The molecule has 7 aromatic rings. The molecule has 4 aliphatic rings. The molecule has 0 bridgehead atoms. The first-order chi connectivity index (χ1) is 24.2. The van der Waals surface area contributed by atoms with Crippen LogP contribution in [0.5, 0.6) is 0 Å². The molecule has 49 heavy (non-hydrogen) atoms. The second-order valence-corrected chi connectivity index (χ2v) is 14.7. The van der Waals surface area contributed by atoms with Gasteiger partial charge in [0, 0.05) is 53.2 Å². The van der Waals surface area contributed by atoms with Crippen molar-refractivity contribution in [2.45, 2.75) is 25.9 Å². The minimum absolute atomic E-state index is 0.00971. The Morgan fingerprint density at radius 2 is 1.69 bits per heavy atom. The Morgan fingerprint density at radius 1 is 0.816 bits per heavy atom. The first-order valence-electron chi connectivity index (χ1n) is 17.1. The van der Waals surface area contributed by atoms with E-state index in [9.17, 15) is 0 Å². The predicted molar refractivity (Wildman–Crippen MR) is 206 cm³/mol. The third kappa shape index (κ3) is 3.94. The Bertz CT molecular complexity index is 2730. The Labute approximate surface area is 287 Å². The standard InChI is InChI=1S/C44H31N3OS/c1-25-17-18-26-20-22-37-40(34(26)23-25)32-12-8-13-33(42(32)48-37)41-30-10-2-5-14-35(30)45-44(46-41)47-24-27-19-21-29-28-9-4-7-16-38(28)49-43(29)39(27)31-11-3-6-15-36(31)47/h2-22,25,35H,23-24H2,1H3,(H,45,46)/t25-,35?/m0/s1. The molecule has 0 fully saturated rings. The van der Waals surface area contributed by atoms with E-state index in [1.807, 2.05) is 11.3 Å². The van der Waals surface area contributed by atoms with Gasteiger partial charge in [0.25, 0.3) is 0 Å². The number of hydrogen-bond acceptors (Lipinski definition) is 5. The molecule has 234 valence electrons. The SMILES string of the molecule is C[C@H]1C=Cc2ccc3oc4c(C5=C6C=CC=CC6NC(N6Cc7ccc8c(sc9ccccc98)c7-c7ccccc76)=N5)cccc4c3c2C1. The third-order valence-corrected chi connectivity index (χ3v) is 11.9. The maximum Gasteiger partial charge on any atom is 0.204 e. The average Bonchev–Trinajstić information content (AvgIpc) is 3.73. The summed E-state index contributed by atoms with van der Waals surface area (Å²) in [6.45, 7) is 3.01. The third-order valence-electron chi connectivity index (χ3n) is 10.7. The van der Waals surface area contributed by atoms with Crippen molar-refractivity contribution in [3.8, 4) is 11.1 Å². The molecule has 4 heterocycles. The molecule has 5 aromatic carbocycles. The Kier molecular flexibility index (Phi) is 5.67. The molecule has 2 aliphatic heterocycles. The van der Waals surface area contributed by atoms with Gasteiger partial charge in [-0.05, 0) is 53.3 Å². The van der Waals surface area contributed by atoms with Crippen LogP contribution in [-0.2, 0) is 13.0 Å². The normalized spacial score (nSPS) is 19.3. The molecule has 0 saturated carbocycles. The Morgan fingerprint density at radius 3 is 2.67 bits per heavy atom. The van der Waals surface area contributed by atoms with Crippen LogP contribution in [-0.4, -0.2) is 12.0 Å². The van der Waals surface area contributed by atoms with E-state index in [4.69, 9.17) is 9.41 Å². The molecule has 0 spiro atoms. The molecule has 2 atom stereocenters. The van der Waals surface area contributed by atoms with Crippen LogP contribution < -0.4 is 10.2 Å². The van der Waals surface area contributed by atoms with Crippen molar-refractivity contribution in [2.75, 3.05) is 4.90 Å². The van der Waals surface area contributed by atoms with Crippen LogP contribution in [0.1, 0.15) is 29.2 Å². The maximum absolute atomic E-state index is 6.76. The van der Waals surface area contributed by atoms with E-state index in [-0.39, 0.29) is 6.04 Å². The van der Waals surface area contributed by atoms with E-state index in [1.165, 1.54) is 59.1 Å². The summed E-state index contributed by atoms with van der Waals surface area (Å²) in [5, 5.41) is 8.87. The van der Waals surface area contributed by atoms with Crippen LogP contribution in [0.2, 0.25) is 0 Å². The van der Waals surface area contributed by atoms with Crippen LogP contribution in [0.15, 0.2) is 136 Å². The van der Waals surface area contributed by atoms with Crippen LogP contribution in [0.25, 0.3) is 65.0 Å². The van der Waals surface area contributed by atoms with Gasteiger partial charge in [-0.15, -0.1) is 11.3 Å². The minimum Gasteiger partial charge on any atom is -0.455 e. The lowest BCUT2D eigenvalue weighted by molar-refractivity contribution is 0.665. The van der Waals surface area contributed by atoms with Gasteiger partial charge in [-0.1, -0.05) is 110 Å². The maximum atomic E-state index is 6.76. The number of anilines is 1. The fourth-order valence-electron chi connectivity index (χ4n) is 8.41. The van der Waals surface area contributed by atoms with Gasteiger partial charge < -0.3 is 14.6 Å². The second-order valence-electron chi connectivity index (χ2n) is 13.6. The summed E-state index contributed by atoms with van der Waals surface area (Å²) >= 11 is 1.90. The van der Waals surface area contributed by atoms with E-state index in [2.05, 4.69) is 145 Å². The molecule has 0 saturated heterocycles. The fourth-order valence-corrected chi connectivity index (χ4v) is 9.69. The van der Waals surface area contributed by atoms with Crippen molar-refractivity contribution >= 4 is 76.9 Å². The average molecular weight is 650 g/mol. The summed E-state index contributed by atoms with van der Waals surface area (Å²) in [5.41, 5.74) is 12.7. The number of furan rings is 1. The number of fused-ring (bicyclic) bond motifs is 13. The van der Waals surface area contributed by atoms with Gasteiger partial charge in [0.1, 0.15) is 11.2 Å². The lowest BCUT2D eigenvalue weighted by atomic mass is 9.87. The number of allylic oxidation sites excluding steroid dienone is 3. The van der Waals surface area contributed by atoms with Gasteiger partial charge in [-0.3, -0.25) is 0 Å². The molecule has 1 unspecified atom stereocenters. The second kappa shape index (κ2) is 10.2. The number of benzene rings is 5. The van der Waals surface area contributed by atoms with Gasteiger partial charge in [0.05, 0.1) is 24.0 Å². The number of para-hydroxylation sites is 2. The first-order valence-corrected chi connectivity index (χ1v) is 17.9. The van der Waals surface area contributed by atoms with Crippen LogP contribution in [0, 0.1) is 5.92 Å². The summed E-state index contributed by atoms with van der Waals surface area (Å²) in [7, 11) is 0. The van der Waals surface area contributed by atoms with Gasteiger partial charge >= 0.3 is 0 Å². The topological polar surface area (TPSA) is 40.8 Å².